The Labute approximate surface area is 140 Å². The van der Waals surface area contributed by atoms with Crippen LogP contribution in [0.25, 0.3) is 0 Å². The van der Waals surface area contributed by atoms with E-state index in [0.29, 0.717) is 30.2 Å². The van der Waals surface area contributed by atoms with Crippen LogP contribution >= 0.6 is 0 Å². The molecule has 0 aliphatic rings. The number of aliphatic hydroxyl groups excluding tert-OH is 1. The Balaban J connectivity index is 1.86. The predicted octanol–water partition coefficient (Wildman–Crippen LogP) is 0.888. The van der Waals surface area contributed by atoms with Crippen molar-refractivity contribution >= 4 is 5.78 Å². The van der Waals surface area contributed by atoms with Gasteiger partial charge in [0.05, 0.1) is 13.7 Å². The fourth-order valence-corrected chi connectivity index (χ4v) is 2.23. The van der Waals surface area contributed by atoms with Crippen LogP contribution in [-0.4, -0.2) is 64.4 Å². The molecule has 0 spiro atoms. The molecule has 0 aliphatic heterocycles. The topological polar surface area (TPSA) is 101 Å². The number of nitrogens with one attached hydrogen (secondary N) is 1. The third-order valence-corrected chi connectivity index (χ3v) is 3.41. The number of benzene rings is 1. The minimum Gasteiger partial charge on any atom is -0.493 e. The molecule has 24 heavy (non-hydrogen) atoms. The van der Waals surface area contributed by atoms with Gasteiger partial charge in [-0.05, 0) is 32.2 Å². The van der Waals surface area contributed by atoms with Crippen molar-refractivity contribution in [2.75, 3.05) is 27.3 Å². The minimum absolute atomic E-state index is 0.0473. The average Bonchev–Trinajstić information content (AvgIpc) is 3.05. The number of carbonyl (C=O) groups excluding carboxylic acids is 1. The fraction of sp³-hybridized carbons (Fsp3) is 0.438. The lowest BCUT2D eigenvalue weighted by Crippen LogP contribution is -2.33. The molecule has 8 nitrogen and oxygen atoms in total. The van der Waals surface area contributed by atoms with E-state index in [0.717, 1.165) is 5.82 Å². The van der Waals surface area contributed by atoms with Gasteiger partial charge in [0.15, 0.2) is 17.3 Å². The molecule has 0 fully saturated rings. The van der Waals surface area contributed by atoms with Crippen LogP contribution in [0, 0.1) is 0 Å². The summed E-state index contributed by atoms with van der Waals surface area (Å²) >= 11 is 0. The summed E-state index contributed by atoms with van der Waals surface area (Å²) < 4.78 is 10.8. The first-order valence-electron chi connectivity index (χ1n) is 7.52. The number of aromatic amines is 1. The molecule has 1 aromatic heterocycles. The zero-order valence-electron chi connectivity index (χ0n) is 14.0. The van der Waals surface area contributed by atoms with E-state index in [4.69, 9.17) is 9.47 Å². The van der Waals surface area contributed by atoms with Crippen LogP contribution in [0.5, 0.6) is 11.5 Å². The van der Waals surface area contributed by atoms with Crippen molar-refractivity contribution in [1.82, 2.24) is 20.1 Å². The van der Waals surface area contributed by atoms with Gasteiger partial charge in [0.2, 0.25) is 0 Å². The molecular weight excluding hydrogens is 312 g/mol. The summed E-state index contributed by atoms with van der Waals surface area (Å²) in [5.74, 6) is 1.63. The van der Waals surface area contributed by atoms with E-state index in [9.17, 15) is 9.90 Å². The third-order valence-electron chi connectivity index (χ3n) is 3.41. The molecule has 2 N–H and O–H groups in total. The highest BCUT2D eigenvalue weighted by Crippen LogP contribution is 2.28. The third kappa shape index (κ3) is 5.04. The second-order valence-corrected chi connectivity index (χ2v) is 5.52. The molecule has 2 aromatic rings. The average molecular weight is 334 g/mol. The number of methoxy groups -OCH3 is 1. The van der Waals surface area contributed by atoms with Crippen LogP contribution in [-0.2, 0) is 6.54 Å². The number of H-pyrrole nitrogens is 1. The molecule has 1 heterocycles. The molecular formula is C16H22N4O4. The Hall–Kier alpha value is -2.45. The van der Waals surface area contributed by atoms with E-state index in [1.165, 1.54) is 20.4 Å². The number of likely N-dealkylation sites (N-methyl/N-ethyl adjacent to an activating group) is 1. The van der Waals surface area contributed by atoms with Crippen molar-refractivity contribution < 1.29 is 19.4 Å². The monoisotopic (exact) mass is 334 g/mol. The van der Waals surface area contributed by atoms with Gasteiger partial charge in [0.1, 0.15) is 24.9 Å². The van der Waals surface area contributed by atoms with Crippen molar-refractivity contribution in [3.05, 3.63) is 35.9 Å². The zero-order valence-corrected chi connectivity index (χ0v) is 14.0. The number of hydrogen-bond donors (Lipinski definition) is 2. The smallest absolute Gasteiger partial charge is 0.161 e. The van der Waals surface area contributed by atoms with Gasteiger partial charge in [0.25, 0.3) is 0 Å². The minimum atomic E-state index is -0.685. The van der Waals surface area contributed by atoms with E-state index in [1.54, 1.807) is 18.2 Å². The fourth-order valence-electron chi connectivity index (χ4n) is 2.23. The number of nitrogens with zero attached hydrogens (tertiary/aromatic N) is 3. The Bertz CT molecular complexity index is 660. The number of aromatic nitrogens is 3. The number of ether oxygens (including phenoxy) is 2. The maximum Gasteiger partial charge on any atom is 0.161 e. The van der Waals surface area contributed by atoms with Gasteiger partial charge in [-0.2, -0.15) is 5.10 Å². The van der Waals surface area contributed by atoms with Crippen LogP contribution in [0.3, 0.4) is 0 Å². The second-order valence-electron chi connectivity index (χ2n) is 5.52. The SMILES string of the molecule is COc1cc(C(C)=O)ccc1OCC(O)CN(C)Cc1ncn[nH]1. The molecule has 0 saturated heterocycles. The van der Waals surface area contributed by atoms with Gasteiger partial charge in [0, 0.05) is 12.1 Å². The van der Waals surface area contributed by atoms with E-state index < -0.39 is 6.10 Å². The first kappa shape index (κ1) is 17.9. The normalized spacial score (nSPS) is 12.2. The lowest BCUT2D eigenvalue weighted by Gasteiger charge is -2.20. The van der Waals surface area contributed by atoms with Gasteiger partial charge in [-0.3, -0.25) is 14.8 Å². The maximum absolute atomic E-state index is 11.4. The maximum atomic E-state index is 11.4. The van der Waals surface area contributed by atoms with Gasteiger partial charge in [-0.15, -0.1) is 0 Å². The highest BCUT2D eigenvalue weighted by molar-refractivity contribution is 5.94. The first-order chi connectivity index (χ1) is 11.5. The summed E-state index contributed by atoms with van der Waals surface area (Å²) in [7, 11) is 3.38. The highest BCUT2D eigenvalue weighted by Gasteiger charge is 2.13. The van der Waals surface area contributed by atoms with E-state index in [2.05, 4.69) is 15.2 Å². The number of carbonyl (C=O) groups is 1. The lowest BCUT2D eigenvalue weighted by molar-refractivity contribution is 0.0726. The summed E-state index contributed by atoms with van der Waals surface area (Å²) in [5.41, 5.74) is 0.548. The molecule has 1 aromatic carbocycles. The van der Waals surface area contributed by atoms with Gasteiger partial charge >= 0.3 is 0 Å². The van der Waals surface area contributed by atoms with E-state index in [1.807, 2.05) is 11.9 Å². The van der Waals surface area contributed by atoms with Crippen LogP contribution in [0.15, 0.2) is 24.5 Å². The van der Waals surface area contributed by atoms with Crippen LogP contribution < -0.4 is 9.47 Å². The summed E-state index contributed by atoms with van der Waals surface area (Å²) in [4.78, 5) is 17.3. The highest BCUT2D eigenvalue weighted by atomic mass is 16.5. The van der Waals surface area contributed by atoms with Gasteiger partial charge in [-0.25, -0.2) is 4.98 Å². The molecule has 130 valence electrons. The summed E-state index contributed by atoms with van der Waals surface area (Å²) in [5, 5.41) is 16.7. The lowest BCUT2D eigenvalue weighted by atomic mass is 10.1. The molecule has 0 radical (unpaired) electrons. The van der Waals surface area contributed by atoms with Crippen LogP contribution in [0.2, 0.25) is 0 Å². The first-order valence-corrected chi connectivity index (χ1v) is 7.52. The van der Waals surface area contributed by atoms with Crippen molar-refractivity contribution in [2.45, 2.75) is 19.6 Å². The molecule has 0 bridgehead atoms. The molecule has 2 rings (SSSR count). The summed E-state index contributed by atoms with van der Waals surface area (Å²) in [6, 6.07) is 4.96. The second kappa shape index (κ2) is 8.42. The van der Waals surface area contributed by atoms with Crippen LogP contribution in [0.4, 0.5) is 0 Å². The van der Waals surface area contributed by atoms with Crippen molar-refractivity contribution in [3.8, 4) is 11.5 Å². The molecule has 0 saturated carbocycles. The van der Waals surface area contributed by atoms with Crippen molar-refractivity contribution in [1.29, 1.82) is 0 Å². The zero-order chi connectivity index (χ0) is 17.5. The van der Waals surface area contributed by atoms with E-state index >= 15 is 0 Å². The molecule has 0 amide bonds. The Morgan fingerprint density at radius 2 is 2.21 bits per heavy atom. The summed E-state index contributed by atoms with van der Waals surface area (Å²) in [6.45, 7) is 2.56. The number of ketones is 1. The van der Waals surface area contributed by atoms with Crippen molar-refractivity contribution in [2.24, 2.45) is 0 Å². The molecule has 1 unspecified atom stereocenters. The largest absolute Gasteiger partial charge is 0.493 e. The van der Waals surface area contributed by atoms with E-state index in [-0.39, 0.29) is 12.4 Å². The number of rotatable bonds is 9. The Morgan fingerprint density at radius 1 is 1.42 bits per heavy atom. The standard InChI is InChI=1S/C16H22N4O4/c1-11(21)12-4-5-14(15(6-12)23-3)24-9-13(22)7-20(2)8-16-17-10-18-19-16/h4-6,10,13,22H,7-9H2,1-3H3,(H,17,18,19). The summed E-state index contributed by atoms with van der Waals surface area (Å²) in [6.07, 6.45) is 0.759. The molecule has 1 atom stereocenters. The number of aliphatic hydroxyl groups is 1. The van der Waals surface area contributed by atoms with Gasteiger partial charge < -0.3 is 14.6 Å². The Kier molecular flexibility index (Phi) is 6.28. The molecule has 8 heteroatoms. The van der Waals surface area contributed by atoms with Crippen LogP contribution in [0.1, 0.15) is 23.1 Å². The quantitative estimate of drug-likeness (QED) is 0.657. The number of Topliss-reactive ketones (excluding diaryl/α,β-unsaturated/α-hetero) is 1. The van der Waals surface area contributed by atoms with Gasteiger partial charge in [-0.1, -0.05) is 0 Å². The predicted molar refractivity (Wildman–Crippen MR) is 87.2 cm³/mol. The number of hydrogen-bond acceptors (Lipinski definition) is 7. The molecule has 0 aliphatic carbocycles. The van der Waals surface area contributed by atoms with Crippen molar-refractivity contribution in [3.63, 3.8) is 0 Å². The Morgan fingerprint density at radius 3 is 2.83 bits per heavy atom.